The molecule has 3 nitrogen and oxygen atoms in total. The molecule has 1 saturated carbocycles. The number of fused-ring (bicyclic) bond motifs is 1. The Bertz CT molecular complexity index is 441. The van der Waals surface area contributed by atoms with Gasteiger partial charge in [0.2, 0.25) is 0 Å². The van der Waals surface area contributed by atoms with Gasteiger partial charge in [-0.15, -0.1) is 0 Å². The maximum Gasteiger partial charge on any atom is 0.161 e. The minimum absolute atomic E-state index is 0.230. The first kappa shape index (κ1) is 11.0. The average molecular weight is 232 g/mol. The van der Waals surface area contributed by atoms with Gasteiger partial charge in [-0.2, -0.15) is 0 Å². The van der Waals surface area contributed by atoms with Crippen molar-refractivity contribution in [3.05, 3.63) is 22.5 Å². The highest BCUT2D eigenvalue weighted by Crippen LogP contribution is 2.37. The van der Waals surface area contributed by atoms with E-state index in [4.69, 9.17) is 0 Å². The number of hydrogen-bond acceptors (Lipinski definition) is 2. The van der Waals surface area contributed by atoms with Gasteiger partial charge < -0.3 is 10.3 Å². The minimum atomic E-state index is 0.230. The molecule has 0 saturated heterocycles. The van der Waals surface area contributed by atoms with E-state index < -0.39 is 0 Å². The van der Waals surface area contributed by atoms with Crippen LogP contribution in [-0.4, -0.2) is 17.3 Å². The predicted octanol–water partition coefficient (Wildman–Crippen LogP) is 2.52. The van der Waals surface area contributed by atoms with Crippen molar-refractivity contribution >= 4 is 5.78 Å². The topological polar surface area (TPSA) is 44.9 Å². The molecule has 1 aliphatic heterocycles. The molecule has 0 aromatic carbocycles. The molecular formula is C14H20N2O. The largest absolute Gasteiger partial charge is 0.361 e. The first-order chi connectivity index (χ1) is 8.27. The third-order valence-corrected chi connectivity index (χ3v) is 4.19. The summed E-state index contributed by atoms with van der Waals surface area (Å²) < 4.78 is 0. The Morgan fingerprint density at radius 3 is 2.76 bits per heavy atom. The molecule has 92 valence electrons. The van der Waals surface area contributed by atoms with Crippen molar-refractivity contribution in [3.8, 4) is 0 Å². The van der Waals surface area contributed by atoms with Crippen LogP contribution in [0, 0.1) is 0 Å². The smallest absolute Gasteiger partial charge is 0.161 e. The second-order valence-corrected chi connectivity index (χ2v) is 5.34. The number of hydrogen-bond donors (Lipinski definition) is 2. The van der Waals surface area contributed by atoms with Gasteiger partial charge in [-0.1, -0.05) is 12.8 Å². The van der Waals surface area contributed by atoms with Crippen molar-refractivity contribution in [1.82, 2.24) is 10.3 Å². The van der Waals surface area contributed by atoms with E-state index in [9.17, 15) is 4.79 Å². The lowest BCUT2D eigenvalue weighted by Crippen LogP contribution is -2.24. The molecule has 0 atom stereocenters. The molecule has 2 N–H and O–H groups in total. The first-order valence-electron chi connectivity index (χ1n) is 6.72. The fraction of sp³-hybridized carbons (Fsp3) is 0.643. The van der Waals surface area contributed by atoms with Gasteiger partial charge >= 0.3 is 0 Å². The number of aromatic amines is 1. The molecule has 2 aliphatic rings. The van der Waals surface area contributed by atoms with Gasteiger partial charge in [0.25, 0.3) is 0 Å². The number of nitrogens with one attached hydrogen (secondary N) is 2. The normalized spacial score (nSPS) is 20.5. The summed E-state index contributed by atoms with van der Waals surface area (Å²) in [5.41, 5.74) is 4.78. The van der Waals surface area contributed by atoms with E-state index >= 15 is 0 Å². The number of H-pyrrole nitrogens is 1. The Morgan fingerprint density at radius 2 is 2.06 bits per heavy atom. The van der Waals surface area contributed by atoms with Crippen molar-refractivity contribution in [2.45, 2.75) is 51.5 Å². The highest BCUT2D eigenvalue weighted by Gasteiger charge is 2.28. The Morgan fingerprint density at radius 1 is 1.29 bits per heavy atom. The zero-order valence-electron chi connectivity index (χ0n) is 10.4. The Balaban J connectivity index is 2.06. The van der Waals surface area contributed by atoms with E-state index in [2.05, 4.69) is 10.3 Å². The molecule has 1 aromatic heterocycles. The number of ketones is 1. The van der Waals surface area contributed by atoms with Crippen molar-refractivity contribution in [2.75, 3.05) is 6.54 Å². The average Bonchev–Trinajstić information content (AvgIpc) is 2.95. The van der Waals surface area contributed by atoms with Crippen LogP contribution < -0.4 is 5.32 Å². The lowest BCUT2D eigenvalue weighted by molar-refractivity contribution is 0.101. The van der Waals surface area contributed by atoms with Crippen molar-refractivity contribution in [1.29, 1.82) is 0 Å². The molecule has 17 heavy (non-hydrogen) atoms. The molecule has 0 amide bonds. The van der Waals surface area contributed by atoms with Crippen LogP contribution in [0.5, 0.6) is 0 Å². The molecule has 1 aromatic rings. The zero-order valence-corrected chi connectivity index (χ0v) is 10.4. The third kappa shape index (κ3) is 1.82. The number of carbonyl (C=O) groups is 1. The minimum Gasteiger partial charge on any atom is -0.361 e. The Hall–Kier alpha value is -1.09. The van der Waals surface area contributed by atoms with E-state index in [1.54, 1.807) is 6.92 Å². The summed E-state index contributed by atoms with van der Waals surface area (Å²) >= 11 is 0. The van der Waals surface area contributed by atoms with Crippen molar-refractivity contribution in [2.24, 2.45) is 0 Å². The monoisotopic (exact) mass is 232 g/mol. The van der Waals surface area contributed by atoms with Crippen molar-refractivity contribution < 1.29 is 4.79 Å². The molecule has 1 aliphatic carbocycles. The van der Waals surface area contributed by atoms with Gasteiger partial charge in [-0.05, 0) is 31.2 Å². The van der Waals surface area contributed by atoms with Gasteiger partial charge in [-0.25, -0.2) is 0 Å². The number of aromatic nitrogens is 1. The predicted molar refractivity (Wildman–Crippen MR) is 67.4 cm³/mol. The summed E-state index contributed by atoms with van der Waals surface area (Å²) in [5, 5.41) is 3.37. The molecule has 0 spiro atoms. The number of carbonyl (C=O) groups excluding carboxylic acids is 1. The van der Waals surface area contributed by atoms with Crippen LogP contribution in [0.1, 0.15) is 65.8 Å². The van der Waals surface area contributed by atoms with Crippen LogP contribution in [0.25, 0.3) is 0 Å². The third-order valence-electron chi connectivity index (χ3n) is 4.19. The summed E-state index contributed by atoms with van der Waals surface area (Å²) in [4.78, 5) is 15.5. The van der Waals surface area contributed by atoms with E-state index in [0.29, 0.717) is 5.92 Å². The standard InChI is InChI=1S/C14H20N2O/c1-9(17)13-11-8-15-7-6-12(11)16-14(13)10-4-2-3-5-10/h10,15-16H,2-8H2,1H3. The maximum atomic E-state index is 11.9. The van der Waals surface area contributed by atoms with Crippen LogP contribution in [0.4, 0.5) is 0 Å². The fourth-order valence-electron chi connectivity index (χ4n) is 3.37. The van der Waals surface area contributed by atoms with Gasteiger partial charge in [0.15, 0.2) is 5.78 Å². The van der Waals surface area contributed by atoms with Crippen molar-refractivity contribution in [3.63, 3.8) is 0 Å². The van der Waals surface area contributed by atoms with E-state index in [1.807, 2.05) is 0 Å². The highest BCUT2D eigenvalue weighted by atomic mass is 16.1. The van der Waals surface area contributed by atoms with Gasteiger partial charge in [0.1, 0.15) is 0 Å². The molecule has 2 heterocycles. The molecule has 3 rings (SSSR count). The van der Waals surface area contributed by atoms with Crippen LogP contribution in [0.2, 0.25) is 0 Å². The van der Waals surface area contributed by atoms with Gasteiger partial charge in [0.05, 0.1) is 0 Å². The Labute approximate surface area is 102 Å². The maximum absolute atomic E-state index is 11.9. The summed E-state index contributed by atoms with van der Waals surface area (Å²) in [7, 11) is 0. The summed E-state index contributed by atoms with van der Waals surface area (Å²) in [6.07, 6.45) is 6.14. The number of Topliss-reactive ketones (excluding diaryl/α,β-unsaturated/α-hetero) is 1. The van der Waals surface area contributed by atoms with Crippen LogP contribution >= 0.6 is 0 Å². The fourth-order valence-corrected chi connectivity index (χ4v) is 3.37. The first-order valence-corrected chi connectivity index (χ1v) is 6.72. The van der Waals surface area contributed by atoms with E-state index in [1.165, 1.54) is 42.6 Å². The molecule has 0 bridgehead atoms. The summed E-state index contributed by atoms with van der Waals surface area (Å²) in [6, 6.07) is 0. The van der Waals surface area contributed by atoms with Crippen LogP contribution in [0.3, 0.4) is 0 Å². The van der Waals surface area contributed by atoms with Gasteiger partial charge in [0, 0.05) is 36.5 Å². The quantitative estimate of drug-likeness (QED) is 0.770. The molecule has 3 heteroatoms. The number of rotatable bonds is 2. The van der Waals surface area contributed by atoms with Crippen LogP contribution in [0.15, 0.2) is 0 Å². The molecule has 0 unspecified atom stereocenters. The lowest BCUT2D eigenvalue weighted by Gasteiger charge is -2.13. The van der Waals surface area contributed by atoms with Crippen LogP contribution in [-0.2, 0) is 13.0 Å². The SMILES string of the molecule is CC(=O)c1c(C2CCCC2)[nH]c2c1CNCC2. The highest BCUT2D eigenvalue weighted by molar-refractivity contribution is 5.97. The molecular weight excluding hydrogens is 212 g/mol. The lowest BCUT2D eigenvalue weighted by atomic mass is 9.95. The Kier molecular flexibility index (Phi) is 2.79. The summed E-state index contributed by atoms with van der Waals surface area (Å²) in [6.45, 7) is 3.58. The second kappa shape index (κ2) is 4.30. The van der Waals surface area contributed by atoms with E-state index in [-0.39, 0.29) is 5.78 Å². The molecule has 0 radical (unpaired) electrons. The second-order valence-electron chi connectivity index (χ2n) is 5.34. The summed E-state index contributed by atoms with van der Waals surface area (Å²) in [5.74, 6) is 0.826. The van der Waals surface area contributed by atoms with E-state index in [0.717, 1.165) is 25.1 Å². The zero-order chi connectivity index (χ0) is 11.8. The van der Waals surface area contributed by atoms with Gasteiger partial charge in [-0.3, -0.25) is 4.79 Å². The molecule has 1 fully saturated rings.